The molecule has 2 aromatic carbocycles. The zero-order valence-corrected chi connectivity index (χ0v) is 12.7. The standard InChI is InChI=1S/C18H17N3O/c1-12-3-5-13(6-4-12)7-9-15-17-16(21-20-15)10-8-14(11-19)18(17)22-2/h3-6,8,10H,7,9H2,1-2H3,(H,20,21). The molecule has 3 rings (SSSR count). The predicted molar refractivity (Wildman–Crippen MR) is 85.9 cm³/mol. The lowest BCUT2D eigenvalue weighted by atomic mass is 10.0. The minimum Gasteiger partial charge on any atom is -0.495 e. The summed E-state index contributed by atoms with van der Waals surface area (Å²) in [6.45, 7) is 2.08. The quantitative estimate of drug-likeness (QED) is 0.799. The number of nitrogens with zero attached hydrogens (tertiary/aromatic N) is 2. The van der Waals surface area contributed by atoms with Gasteiger partial charge in [0.25, 0.3) is 0 Å². The SMILES string of the molecule is COc1c(C#N)ccc2[nH]nc(CCc3ccc(C)cc3)c12. The second-order valence-corrected chi connectivity index (χ2v) is 5.34. The number of fused-ring (bicyclic) bond motifs is 1. The average molecular weight is 291 g/mol. The molecule has 0 fully saturated rings. The maximum atomic E-state index is 9.21. The zero-order valence-electron chi connectivity index (χ0n) is 12.7. The van der Waals surface area contributed by atoms with Gasteiger partial charge < -0.3 is 4.74 Å². The van der Waals surface area contributed by atoms with Gasteiger partial charge in [-0.3, -0.25) is 5.10 Å². The number of ether oxygens (including phenoxy) is 1. The Morgan fingerprint density at radius 3 is 2.59 bits per heavy atom. The summed E-state index contributed by atoms with van der Waals surface area (Å²) in [6.07, 6.45) is 1.70. The molecular weight excluding hydrogens is 274 g/mol. The molecule has 0 bridgehead atoms. The predicted octanol–water partition coefficient (Wildman–Crippen LogP) is 3.54. The minimum atomic E-state index is 0.535. The summed E-state index contributed by atoms with van der Waals surface area (Å²) in [5.74, 6) is 0.604. The van der Waals surface area contributed by atoms with Gasteiger partial charge in [0.1, 0.15) is 11.8 Å². The number of aryl methyl sites for hydroxylation is 3. The van der Waals surface area contributed by atoms with Crippen molar-refractivity contribution in [1.82, 2.24) is 10.2 Å². The van der Waals surface area contributed by atoms with Crippen molar-refractivity contribution in [2.75, 3.05) is 7.11 Å². The van der Waals surface area contributed by atoms with E-state index in [0.29, 0.717) is 11.3 Å². The van der Waals surface area contributed by atoms with E-state index in [1.807, 2.05) is 6.07 Å². The van der Waals surface area contributed by atoms with Crippen LogP contribution in [0.25, 0.3) is 10.9 Å². The van der Waals surface area contributed by atoms with Crippen molar-refractivity contribution < 1.29 is 4.74 Å². The molecule has 22 heavy (non-hydrogen) atoms. The first-order valence-corrected chi connectivity index (χ1v) is 7.22. The van der Waals surface area contributed by atoms with Gasteiger partial charge in [0.15, 0.2) is 0 Å². The van der Waals surface area contributed by atoms with Gasteiger partial charge in [-0.1, -0.05) is 29.8 Å². The van der Waals surface area contributed by atoms with Crippen molar-refractivity contribution in [3.8, 4) is 11.8 Å². The molecule has 0 aliphatic rings. The normalized spacial score (nSPS) is 10.6. The van der Waals surface area contributed by atoms with E-state index in [9.17, 15) is 5.26 Å². The summed E-state index contributed by atoms with van der Waals surface area (Å²) >= 11 is 0. The Kier molecular flexibility index (Phi) is 3.80. The fraction of sp³-hybridized carbons (Fsp3) is 0.222. The highest BCUT2D eigenvalue weighted by atomic mass is 16.5. The lowest BCUT2D eigenvalue weighted by molar-refractivity contribution is 0.418. The van der Waals surface area contributed by atoms with Crippen LogP contribution in [-0.4, -0.2) is 17.3 Å². The van der Waals surface area contributed by atoms with Crippen LogP contribution in [0.4, 0.5) is 0 Å². The van der Waals surface area contributed by atoms with Crippen LogP contribution in [0, 0.1) is 18.3 Å². The maximum absolute atomic E-state index is 9.21. The van der Waals surface area contributed by atoms with Gasteiger partial charge in [-0.05, 0) is 37.5 Å². The second-order valence-electron chi connectivity index (χ2n) is 5.34. The van der Waals surface area contributed by atoms with Gasteiger partial charge in [-0.2, -0.15) is 10.4 Å². The first-order valence-electron chi connectivity index (χ1n) is 7.22. The summed E-state index contributed by atoms with van der Waals surface area (Å²) in [6, 6.07) is 14.3. The molecule has 0 saturated carbocycles. The number of rotatable bonds is 4. The van der Waals surface area contributed by atoms with Crippen molar-refractivity contribution in [1.29, 1.82) is 5.26 Å². The highest BCUT2D eigenvalue weighted by molar-refractivity contribution is 5.90. The maximum Gasteiger partial charge on any atom is 0.147 e. The van der Waals surface area contributed by atoms with Crippen molar-refractivity contribution in [3.63, 3.8) is 0 Å². The van der Waals surface area contributed by atoms with Crippen LogP contribution in [-0.2, 0) is 12.8 Å². The van der Waals surface area contributed by atoms with E-state index in [0.717, 1.165) is 29.4 Å². The highest BCUT2D eigenvalue weighted by Gasteiger charge is 2.15. The number of hydrogen-bond acceptors (Lipinski definition) is 3. The lowest BCUT2D eigenvalue weighted by Gasteiger charge is -2.06. The van der Waals surface area contributed by atoms with Crippen LogP contribution in [0.15, 0.2) is 36.4 Å². The molecule has 4 heteroatoms. The van der Waals surface area contributed by atoms with E-state index < -0.39 is 0 Å². The molecule has 4 nitrogen and oxygen atoms in total. The molecule has 0 atom stereocenters. The molecule has 0 saturated heterocycles. The van der Waals surface area contributed by atoms with E-state index in [2.05, 4.69) is 47.5 Å². The molecule has 0 spiro atoms. The van der Waals surface area contributed by atoms with Gasteiger partial charge >= 0.3 is 0 Å². The summed E-state index contributed by atoms with van der Waals surface area (Å²) < 4.78 is 5.43. The Morgan fingerprint density at radius 1 is 1.14 bits per heavy atom. The molecule has 0 amide bonds. The Balaban J connectivity index is 1.94. The molecule has 0 radical (unpaired) electrons. The van der Waals surface area contributed by atoms with E-state index in [1.54, 1.807) is 13.2 Å². The fourth-order valence-electron chi connectivity index (χ4n) is 2.64. The Labute approximate surface area is 129 Å². The molecule has 0 aliphatic heterocycles. The van der Waals surface area contributed by atoms with Gasteiger partial charge in [0.05, 0.1) is 29.3 Å². The molecule has 1 heterocycles. The number of nitrogens with one attached hydrogen (secondary N) is 1. The first kappa shape index (κ1) is 14.2. The number of benzene rings is 2. The van der Waals surface area contributed by atoms with Gasteiger partial charge in [-0.15, -0.1) is 0 Å². The Bertz CT molecular complexity index is 841. The molecule has 1 N–H and O–H groups in total. The largest absolute Gasteiger partial charge is 0.495 e. The number of aromatic nitrogens is 2. The summed E-state index contributed by atoms with van der Waals surface area (Å²) in [7, 11) is 1.59. The summed E-state index contributed by atoms with van der Waals surface area (Å²) in [5.41, 5.74) is 4.90. The average Bonchev–Trinajstić information content (AvgIpc) is 2.96. The smallest absolute Gasteiger partial charge is 0.147 e. The van der Waals surface area contributed by atoms with Gasteiger partial charge in [0.2, 0.25) is 0 Å². The Morgan fingerprint density at radius 2 is 1.91 bits per heavy atom. The van der Waals surface area contributed by atoms with Crippen LogP contribution in [0.3, 0.4) is 0 Å². The van der Waals surface area contributed by atoms with Crippen molar-refractivity contribution in [2.45, 2.75) is 19.8 Å². The third-order valence-corrected chi connectivity index (χ3v) is 3.85. The van der Waals surface area contributed by atoms with Crippen LogP contribution in [0.1, 0.15) is 22.4 Å². The van der Waals surface area contributed by atoms with Gasteiger partial charge in [0, 0.05) is 0 Å². The molecule has 110 valence electrons. The minimum absolute atomic E-state index is 0.535. The van der Waals surface area contributed by atoms with Crippen LogP contribution >= 0.6 is 0 Å². The number of nitriles is 1. The van der Waals surface area contributed by atoms with E-state index in [4.69, 9.17) is 4.74 Å². The molecule has 3 aromatic rings. The van der Waals surface area contributed by atoms with Crippen LogP contribution in [0.5, 0.6) is 5.75 Å². The molecule has 0 aliphatic carbocycles. The highest BCUT2D eigenvalue weighted by Crippen LogP contribution is 2.31. The number of hydrogen-bond donors (Lipinski definition) is 1. The molecule has 1 aromatic heterocycles. The van der Waals surface area contributed by atoms with Crippen molar-refractivity contribution in [2.24, 2.45) is 0 Å². The van der Waals surface area contributed by atoms with E-state index in [1.165, 1.54) is 11.1 Å². The molecule has 0 unspecified atom stereocenters. The monoisotopic (exact) mass is 291 g/mol. The first-order chi connectivity index (χ1) is 10.7. The summed E-state index contributed by atoms with van der Waals surface area (Å²) in [5, 5.41) is 17.5. The topological polar surface area (TPSA) is 61.7 Å². The third-order valence-electron chi connectivity index (χ3n) is 3.85. The van der Waals surface area contributed by atoms with Gasteiger partial charge in [-0.25, -0.2) is 0 Å². The zero-order chi connectivity index (χ0) is 15.5. The molecular formula is C18H17N3O. The fourth-order valence-corrected chi connectivity index (χ4v) is 2.64. The third kappa shape index (κ3) is 2.53. The van der Waals surface area contributed by atoms with Crippen LogP contribution in [0.2, 0.25) is 0 Å². The van der Waals surface area contributed by atoms with Crippen molar-refractivity contribution >= 4 is 10.9 Å². The number of aromatic amines is 1. The Hall–Kier alpha value is -2.80. The van der Waals surface area contributed by atoms with E-state index >= 15 is 0 Å². The number of H-pyrrole nitrogens is 1. The van der Waals surface area contributed by atoms with Crippen molar-refractivity contribution in [3.05, 3.63) is 58.8 Å². The van der Waals surface area contributed by atoms with E-state index in [-0.39, 0.29) is 0 Å². The second kappa shape index (κ2) is 5.90. The number of methoxy groups -OCH3 is 1. The lowest BCUT2D eigenvalue weighted by Crippen LogP contribution is -1.95. The van der Waals surface area contributed by atoms with Crippen LogP contribution < -0.4 is 4.74 Å². The summed E-state index contributed by atoms with van der Waals surface area (Å²) in [4.78, 5) is 0.